The van der Waals surface area contributed by atoms with Gasteiger partial charge in [0.2, 0.25) is 5.89 Å². The van der Waals surface area contributed by atoms with Crippen LogP contribution in [0.4, 0.5) is 0 Å². The highest BCUT2D eigenvalue weighted by Gasteiger charge is 2.27. The Labute approximate surface area is 187 Å². The van der Waals surface area contributed by atoms with Gasteiger partial charge in [0.05, 0.1) is 13.1 Å². The third-order valence-corrected chi connectivity index (χ3v) is 5.92. The fraction of sp³-hybridized carbons (Fsp3) is 0.360. The lowest BCUT2D eigenvalue weighted by atomic mass is 9.87. The second-order valence-corrected chi connectivity index (χ2v) is 8.39. The summed E-state index contributed by atoms with van der Waals surface area (Å²) in [6.07, 6.45) is 1.64. The molecule has 0 bridgehead atoms. The van der Waals surface area contributed by atoms with Crippen LogP contribution in [-0.4, -0.2) is 39.8 Å². The predicted molar refractivity (Wildman–Crippen MR) is 120 cm³/mol. The van der Waals surface area contributed by atoms with E-state index in [1.807, 2.05) is 44.2 Å². The minimum absolute atomic E-state index is 0.0547. The largest absolute Gasteiger partial charge is 0.345 e. The van der Waals surface area contributed by atoms with Crippen LogP contribution in [-0.2, 0) is 13.1 Å². The van der Waals surface area contributed by atoms with Gasteiger partial charge in [0.25, 0.3) is 5.91 Å². The quantitative estimate of drug-likeness (QED) is 0.573. The number of carbonyl (C=O) groups is 2. The third kappa shape index (κ3) is 5.29. The average molecular weight is 433 g/mol. The first kappa shape index (κ1) is 21.9. The Morgan fingerprint density at radius 2 is 1.84 bits per heavy atom. The van der Waals surface area contributed by atoms with Crippen LogP contribution in [0, 0.1) is 19.8 Å². The molecule has 0 aliphatic carbocycles. The Bertz CT molecular complexity index is 1090. The van der Waals surface area contributed by atoms with Crippen LogP contribution in [0.3, 0.4) is 0 Å². The SMILES string of the molecule is Cc1ccc(C(=O)C2CCN(Cc3nc(CNC(=O)c4ccccc4)no3)CC2)c(C)c1. The zero-order chi connectivity index (χ0) is 22.5. The van der Waals surface area contributed by atoms with E-state index in [0.29, 0.717) is 23.8 Å². The van der Waals surface area contributed by atoms with Crippen molar-refractivity contribution < 1.29 is 14.1 Å². The van der Waals surface area contributed by atoms with Crippen LogP contribution in [0.2, 0.25) is 0 Å². The second kappa shape index (κ2) is 9.87. The molecule has 0 atom stereocenters. The van der Waals surface area contributed by atoms with Crippen molar-refractivity contribution in [2.24, 2.45) is 5.92 Å². The summed E-state index contributed by atoms with van der Waals surface area (Å²) in [6, 6.07) is 15.0. The fourth-order valence-electron chi connectivity index (χ4n) is 4.13. The van der Waals surface area contributed by atoms with Crippen molar-refractivity contribution in [1.82, 2.24) is 20.4 Å². The number of rotatable bonds is 7. The maximum Gasteiger partial charge on any atom is 0.251 e. The Morgan fingerprint density at radius 3 is 2.56 bits per heavy atom. The Balaban J connectivity index is 1.25. The second-order valence-electron chi connectivity index (χ2n) is 8.39. The first-order valence-corrected chi connectivity index (χ1v) is 11.0. The molecule has 0 spiro atoms. The van der Waals surface area contributed by atoms with E-state index in [-0.39, 0.29) is 24.2 Å². The third-order valence-electron chi connectivity index (χ3n) is 5.92. The minimum Gasteiger partial charge on any atom is -0.345 e. The van der Waals surface area contributed by atoms with E-state index in [9.17, 15) is 9.59 Å². The van der Waals surface area contributed by atoms with Gasteiger partial charge in [-0.15, -0.1) is 0 Å². The van der Waals surface area contributed by atoms with Crippen LogP contribution < -0.4 is 5.32 Å². The van der Waals surface area contributed by atoms with Gasteiger partial charge in [-0.1, -0.05) is 47.1 Å². The van der Waals surface area contributed by atoms with Crippen molar-refractivity contribution in [3.8, 4) is 0 Å². The molecule has 0 saturated carbocycles. The number of Topliss-reactive ketones (excluding diaryl/α,β-unsaturated/α-hetero) is 1. The van der Waals surface area contributed by atoms with Crippen LogP contribution >= 0.6 is 0 Å². The molecule has 1 amide bonds. The average Bonchev–Trinajstić information content (AvgIpc) is 3.25. The van der Waals surface area contributed by atoms with Crippen molar-refractivity contribution in [2.45, 2.75) is 39.8 Å². The van der Waals surface area contributed by atoms with Gasteiger partial charge >= 0.3 is 0 Å². The first-order chi connectivity index (χ1) is 15.5. The molecular weight excluding hydrogens is 404 g/mol. The Kier molecular flexibility index (Phi) is 6.75. The number of ketones is 1. The smallest absolute Gasteiger partial charge is 0.251 e. The molecule has 1 aliphatic rings. The summed E-state index contributed by atoms with van der Waals surface area (Å²) in [5.74, 6) is 1.10. The highest BCUT2D eigenvalue weighted by Crippen LogP contribution is 2.24. The molecule has 1 fully saturated rings. The molecule has 7 heteroatoms. The molecule has 2 heterocycles. The molecule has 1 aliphatic heterocycles. The van der Waals surface area contributed by atoms with Gasteiger partial charge in [0.1, 0.15) is 0 Å². The Hall–Kier alpha value is -3.32. The maximum absolute atomic E-state index is 12.9. The normalized spacial score (nSPS) is 14.9. The number of benzene rings is 2. The lowest BCUT2D eigenvalue weighted by Crippen LogP contribution is -2.36. The molecule has 3 aromatic rings. The molecule has 0 radical (unpaired) electrons. The molecule has 2 aromatic carbocycles. The Morgan fingerprint density at radius 1 is 1.09 bits per heavy atom. The molecule has 4 rings (SSSR count). The molecule has 166 valence electrons. The topological polar surface area (TPSA) is 88.3 Å². The van der Waals surface area contributed by atoms with Gasteiger partial charge in [-0.05, 0) is 57.5 Å². The van der Waals surface area contributed by atoms with E-state index in [1.165, 1.54) is 5.56 Å². The summed E-state index contributed by atoms with van der Waals surface area (Å²) >= 11 is 0. The number of aryl methyl sites for hydroxylation is 2. The van der Waals surface area contributed by atoms with E-state index in [2.05, 4.69) is 26.4 Å². The molecule has 7 nitrogen and oxygen atoms in total. The summed E-state index contributed by atoms with van der Waals surface area (Å²) < 4.78 is 5.35. The van der Waals surface area contributed by atoms with Crippen LogP contribution in [0.1, 0.15) is 56.4 Å². The summed E-state index contributed by atoms with van der Waals surface area (Å²) in [4.78, 5) is 31.7. The maximum atomic E-state index is 12.9. The zero-order valence-corrected chi connectivity index (χ0v) is 18.5. The van der Waals surface area contributed by atoms with Crippen LogP contribution in [0.25, 0.3) is 0 Å². The predicted octanol–water partition coefficient (Wildman–Crippen LogP) is 3.71. The highest BCUT2D eigenvalue weighted by molar-refractivity contribution is 5.99. The molecule has 1 saturated heterocycles. The van der Waals surface area contributed by atoms with Gasteiger partial charge < -0.3 is 9.84 Å². The number of amides is 1. The van der Waals surface area contributed by atoms with Gasteiger partial charge in [-0.3, -0.25) is 14.5 Å². The van der Waals surface area contributed by atoms with E-state index >= 15 is 0 Å². The number of hydrogen-bond donors (Lipinski definition) is 1. The lowest BCUT2D eigenvalue weighted by molar-refractivity contribution is 0.0824. The summed E-state index contributed by atoms with van der Waals surface area (Å²) in [6.45, 7) is 6.42. The van der Waals surface area contributed by atoms with Gasteiger partial charge in [0.15, 0.2) is 11.6 Å². The minimum atomic E-state index is -0.174. The number of piperidine rings is 1. The van der Waals surface area contributed by atoms with Crippen molar-refractivity contribution >= 4 is 11.7 Å². The number of aromatic nitrogens is 2. The fourth-order valence-corrected chi connectivity index (χ4v) is 4.13. The standard InChI is InChI=1S/C25H28N4O3/c1-17-8-9-21(18(2)14-17)24(30)19-10-12-29(13-11-19)16-23-27-22(28-32-23)15-26-25(31)20-6-4-3-5-7-20/h3-9,14,19H,10-13,15-16H2,1-2H3,(H,26,31). The van der Waals surface area contributed by atoms with E-state index in [0.717, 1.165) is 37.1 Å². The highest BCUT2D eigenvalue weighted by atomic mass is 16.5. The first-order valence-electron chi connectivity index (χ1n) is 11.0. The monoisotopic (exact) mass is 432 g/mol. The number of nitrogens with zero attached hydrogens (tertiary/aromatic N) is 3. The van der Waals surface area contributed by atoms with Crippen molar-refractivity contribution in [3.63, 3.8) is 0 Å². The van der Waals surface area contributed by atoms with Crippen molar-refractivity contribution in [2.75, 3.05) is 13.1 Å². The van der Waals surface area contributed by atoms with E-state index in [4.69, 9.17) is 4.52 Å². The molecule has 0 unspecified atom stereocenters. The lowest BCUT2D eigenvalue weighted by Gasteiger charge is -2.30. The number of nitrogens with one attached hydrogen (secondary N) is 1. The van der Waals surface area contributed by atoms with Crippen LogP contribution in [0.5, 0.6) is 0 Å². The van der Waals surface area contributed by atoms with Gasteiger partial charge in [0, 0.05) is 17.0 Å². The van der Waals surface area contributed by atoms with Gasteiger partial charge in [-0.2, -0.15) is 4.98 Å². The number of likely N-dealkylation sites (tertiary alicyclic amines) is 1. The van der Waals surface area contributed by atoms with E-state index in [1.54, 1.807) is 12.1 Å². The van der Waals surface area contributed by atoms with Crippen molar-refractivity contribution in [3.05, 3.63) is 82.5 Å². The van der Waals surface area contributed by atoms with Crippen LogP contribution in [0.15, 0.2) is 53.1 Å². The van der Waals surface area contributed by atoms with Crippen molar-refractivity contribution in [1.29, 1.82) is 0 Å². The molecule has 1 aromatic heterocycles. The molecule has 1 N–H and O–H groups in total. The van der Waals surface area contributed by atoms with Gasteiger partial charge in [-0.25, -0.2) is 0 Å². The number of hydrogen-bond acceptors (Lipinski definition) is 6. The number of carbonyl (C=O) groups excluding carboxylic acids is 2. The zero-order valence-electron chi connectivity index (χ0n) is 18.5. The van der Waals surface area contributed by atoms with E-state index < -0.39 is 0 Å². The summed E-state index contributed by atoms with van der Waals surface area (Å²) in [5.41, 5.74) is 3.66. The molecule has 32 heavy (non-hydrogen) atoms. The summed E-state index contributed by atoms with van der Waals surface area (Å²) in [5, 5.41) is 6.76. The summed E-state index contributed by atoms with van der Waals surface area (Å²) in [7, 11) is 0. The molecular formula is C25H28N4O3.